The van der Waals surface area contributed by atoms with Gasteiger partial charge < -0.3 is 0 Å². The Kier molecular flexibility index (Phi) is 5.28. The number of hydrogen-bond donors (Lipinski definition) is 0. The molecule has 0 amide bonds. The van der Waals surface area contributed by atoms with Gasteiger partial charge in [-0.25, -0.2) is 0 Å². The van der Waals surface area contributed by atoms with Crippen molar-refractivity contribution in [3.63, 3.8) is 0 Å². The molecule has 5 nitrogen and oxygen atoms in total. The number of nitrogens with zero attached hydrogens (tertiary/aromatic N) is 5. The minimum atomic E-state index is -0.164. The predicted molar refractivity (Wildman–Crippen MR) is 192 cm³/mol. The van der Waals surface area contributed by atoms with E-state index in [1.54, 1.807) is 0 Å². The van der Waals surface area contributed by atoms with Gasteiger partial charge in [0.15, 0.2) is 5.82 Å². The fourth-order valence-electron chi connectivity index (χ4n) is 7.96. The molecule has 6 aromatic carbocycles. The third kappa shape index (κ3) is 3.57. The Morgan fingerprint density at radius 3 is 1.66 bits per heavy atom. The van der Waals surface area contributed by atoms with Crippen molar-refractivity contribution in [2.75, 3.05) is 0 Å². The maximum atomic E-state index is 5.32. The number of aromatic nitrogens is 5. The van der Waals surface area contributed by atoms with Crippen LogP contribution < -0.4 is 0 Å². The zero-order valence-corrected chi connectivity index (χ0v) is 26.0. The molecule has 1 aliphatic rings. The second kappa shape index (κ2) is 9.47. The Morgan fingerprint density at radius 2 is 0.979 bits per heavy atom. The van der Waals surface area contributed by atoms with E-state index >= 15 is 0 Å². The van der Waals surface area contributed by atoms with Crippen molar-refractivity contribution in [2.24, 2.45) is 0 Å². The monoisotopic (exact) mass is 603 g/mol. The highest BCUT2D eigenvalue weighted by Gasteiger charge is 2.38. The average Bonchev–Trinajstić information content (AvgIpc) is 3.72. The Morgan fingerprint density at radius 1 is 0.447 bits per heavy atom. The lowest BCUT2D eigenvalue weighted by molar-refractivity contribution is 0.666. The topological polar surface area (TPSA) is 48.5 Å². The normalized spacial score (nSPS) is 13.5. The molecule has 0 saturated carbocycles. The van der Waals surface area contributed by atoms with Crippen molar-refractivity contribution in [1.82, 2.24) is 24.1 Å². The first kappa shape index (κ1) is 26.2. The van der Waals surface area contributed by atoms with Crippen molar-refractivity contribution < 1.29 is 0 Å². The first-order valence-corrected chi connectivity index (χ1v) is 16.1. The zero-order chi connectivity index (χ0) is 31.3. The van der Waals surface area contributed by atoms with Gasteiger partial charge in [-0.2, -0.15) is 15.0 Å². The fourth-order valence-corrected chi connectivity index (χ4v) is 7.96. The van der Waals surface area contributed by atoms with E-state index in [1.807, 2.05) is 18.2 Å². The largest absolute Gasteiger partial charge is 0.278 e. The summed E-state index contributed by atoms with van der Waals surface area (Å²) in [6, 6.07) is 49.2. The van der Waals surface area contributed by atoms with E-state index in [9.17, 15) is 0 Å². The van der Waals surface area contributed by atoms with E-state index in [2.05, 4.69) is 144 Å². The number of benzene rings is 6. The fraction of sp³-hybridized carbons (Fsp3) is 0.0714. The highest BCUT2D eigenvalue weighted by atomic mass is 15.3. The summed E-state index contributed by atoms with van der Waals surface area (Å²) in [4.78, 5) is 15.7. The van der Waals surface area contributed by atoms with Crippen LogP contribution in [0.25, 0.3) is 78.0 Å². The number of para-hydroxylation sites is 3. The molecule has 0 spiro atoms. The first-order valence-electron chi connectivity index (χ1n) is 16.1. The van der Waals surface area contributed by atoms with Gasteiger partial charge in [-0.3, -0.25) is 9.13 Å². The van der Waals surface area contributed by atoms with E-state index in [-0.39, 0.29) is 5.41 Å². The molecule has 0 saturated heterocycles. The van der Waals surface area contributed by atoms with Crippen molar-refractivity contribution in [2.45, 2.75) is 19.3 Å². The molecular weight excluding hydrogens is 574 g/mol. The van der Waals surface area contributed by atoms with Gasteiger partial charge >= 0.3 is 0 Å². The highest BCUT2D eigenvalue weighted by Crippen LogP contribution is 2.53. The molecule has 222 valence electrons. The number of rotatable bonds is 3. The minimum absolute atomic E-state index is 0.164. The summed E-state index contributed by atoms with van der Waals surface area (Å²) in [6.07, 6.45) is 0. The lowest BCUT2D eigenvalue weighted by atomic mass is 9.80. The van der Waals surface area contributed by atoms with Gasteiger partial charge in [0.2, 0.25) is 11.9 Å². The summed E-state index contributed by atoms with van der Waals surface area (Å²) < 4.78 is 4.41. The van der Waals surface area contributed by atoms with Crippen LogP contribution >= 0.6 is 0 Å². The Labute approximate surface area is 271 Å². The van der Waals surface area contributed by atoms with Gasteiger partial charge in [-0.15, -0.1) is 0 Å². The molecule has 9 aromatic rings. The third-order valence-electron chi connectivity index (χ3n) is 9.98. The lowest BCUT2D eigenvalue weighted by Crippen LogP contribution is -2.15. The molecule has 0 N–H and O–H groups in total. The van der Waals surface area contributed by atoms with E-state index in [1.165, 1.54) is 43.8 Å². The van der Waals surface area contributed by atoms with Gasteiger partial charge in [0.25, 0.3) is 0 Å². The molecule has 47 heavy (non-hydrogen) atoms. The summed E-state index contributed by atoms with van der Waals surface area (Å²) in [7, 11) is 0. The standard InChI is InChI=1S/C42H29N5/c1-42(2)32-20-10-6-16-27(32)30-24-25-36-37(38(30)42)31-19-9-13-23-35(31)47(36)41-44-39(26-14-4-3-5-15-26)43-40(45-41)46-33-21-11-7-17-28(33)29-18-8-12-22-34(29)46/h3-25H,1-2H3. The molecule has 5 heteroatoms. The molecule has 0 fully saturated rings. The second-order valence-electron chi connectivity index (χ2n) is 12.9. The number of hydrogen-bond acceptors (Lipinski definition) is 3. The maximum absolute atomic E-state index is 5.32. The molecule has 0 atom stereocenters. The van der Waals surface area contributed by atoms with E-state index < -0.39 is 0 Å². The average molecular weight is 604 g/mol. The SMILES string of the molecule is CC1(C)c2ccccc2-c2ccc3c(c21)c1ccccc1n3-c1nc(-c2ccccc2)nc(-n2c3ccccc3c3ccccc32)n1. The van der Waals surface area contributed by atoms with Crippen molar-refractivity contribution >= 4 is 43.6 Å². The van der Waals surface area contributed by atoms with Crippen molar-refractivity contribution in [1.29, 1.82) is 0 Å². The van der Waals surface area contributed by atoms with Crippen LogP contribution in [-0.2, 0) is 5.41 Å². The van der Waals surface area contributed by atoms with Crippen molar-refractivity contribution in [3.05, 3.63) is 151 Å². The van der Waals surface area contributed by atoms with Crippen LogP contribution in [0.2, 0.25) is 0 Å². The summed E-state index contributed by atoms with van der Waals surface area (Å²) in [6.45, 7) is 4.69. The third-order valence-corrected chi connectivity index (χ3v) is 9.98. The van der Waals surface area contributed by atoms with Crippen molar-refractivity contribution in [3.8, 4) is 34.4 Å². The van der Waals surface area contributed by atoms with Gasteiger partial charge in [0.05, 0.1) is 22.1 Å². The van der Waals surface area contributed by atoms with Crippen LogP contribution in [0.3, 0.4) is 0 Å². The summed E-state index contributed by atoms with van der Waals surface area (Å²) in [5, 5.41) is 4.78. The van der Waals surface area contributed by atoms with Crippen LogP contribution in [0, 0.1) is 0 Å². The molecule has 3 aromatic heterocycles. The molecule has 0 aliphatic heterocycles. The highest BCUT2D eigenvalue weighted by molar-refractivity contribution is 6.14. The summed E-state index contributed by atoms with van der Waals surface area (Å²) >= 11 is 0. The summed E-state index contributed by atoms with van der Waals surface area (Å²) in [5.41, 5.74) is 10.4. The molecule has 0 unspecified atom stereocenters. The van der Waals surface area contributed by atoms with Crippen LogP contribution in [0.4, 0.5) is 0 Å². The van der Waals surface area contributed by atoms with Gasteiger partial charge in [-0.05, 0) is 46.5 Å². The second-order valence-corrected chi connectivity index (χ2v) is 12.9. The molecule has 3 heterocycles. The van der Waals surface area contributed by atoms with Gasteiger partial charge in [0.1, 0.15) is 0 Å². The number of fused-ring (bicyclic) bond motifs is 10. The Bertz CT molecular complexity index is 2660. The minimum Gasteiger partial charge on any atom is -0.278 e. The maximum Gasteiger partial charge on any atom is 0.240 e. The Balaban J connectivity index is 1.33. The van der Waals surface area contributed by atoms with Crippen LogP contribution in [-0.4, -0.2) is 24.1 Å². The van der Waals surface area contributed by atoms with E-state index in [0.717, 1.165) is 27.6 Å². The van der Waals surface area contributed by atoms with Gasteiger partial charge in [0, 0.05) is 32.5 Å². The van der Waals surface area contributed by atoms with E-state index in [4.69, 9.17) is 15.0 Å². The van der Waals surface area contributed by atoms with Crippen LogP contribution in [0.15, 0.2) is 140 Å². The van der Waals surface area contributed by atoms with E-state index in [0.29, 0.717) is 17.7 Å². The zero-order valence-electron chi connectivity index (χ0n) is 26.0. The smallest absolute Gasteiger partial charge is 0.240 e. The van der Waals surface area contributed by atoms with Crippen LogP contribution in [0.5, 0.6) is 0 Å². The quantitative estimate of drug-likeness (QED) is 0.202. The Hall–Kier alpha value is -6.07. The molecule has 0 bridgehead atoms. The first-order chi connectivity index (χ1) is 23.1. The predicted octanol–water partition coefficient (Wildman–Crippen LogP) is 10.0. The molecule has 0 radical (unpaired) electrons. The van der Waals surface area contributed by atoms with Gasteiger partial charge in [-0.1, -0.05) is 129 Å². The molecular formula is C42H29N5. The lowest BCUT2D eigenvalue weighted by Gasteiger charge is -2.22. The summed E-state index contributed by atoms with van der Waals surface area (Å²) in [5.74, 6) is 1.81. The van der Waals surface area contributed by atoms with Crippen LogP contribution in [0.1, 0.15) is 25.0 Å². The molecule has 10 rings (SSSR count). The molecule has 1 aliphatic carbocycles.